The molecule has 0 radical (unpaired) electrons. The lowest BCUT2D eigenvalue weighted by molar-refractivity contribution is 0.233. The van der Waals surface area contributed by atoms with Crippen LogP contribution in [-0.2, 0) is 6.42 Å². The van der Waals surface area contributed by atoms with Gasteiger partial charge < -0.3 is 5.73 Å². The molecule has 102 valence electrons. The zero-order chi connectivity index (χ0) is 13.9. The highest BCUT2D eigenvalue weighted by Crippen LogP contribution is 2.29. The standard InChI is InChI=1S/C15H23Cl2N/c1-10(15(2,3)4)7-12(18)8-11-5-6-13(16)14(17)9-11/h5-6,9-10,12H,7-8,18H2,1-4H3. The van der Waals surface area contributed by atoms with Gasteiger partial charge in [-0.2, -0.15) is 0 Å². The molecule has 1 aromatic rings. The Labute approximate surface area is 121 Å². The van der Waals surface area contributed by atoms with Crippen molar-refractivity contribution in [3.05, 3.63) is 33.8 Å². The molecule has 0 bridgehead atoms. The summed E-state index contributed by atoms with van der Waals surface area (Å²) < 4.78 is 0. The number of hydrogen-bond donors (Lipinski definition) is 1. The Hall–Kier alpha value is -0.240. The normalized spacial score (nSPS) is 15.5. The number of halogens is 2. The van der Waals surface area contributed by atoms with Crippen LogP contribution in [0.5, 0.6) is 0 Å². The van der Waals surface area contributed by atoms with Crippen LogP contribution in [0.15, 0.2) is 18.2 Å². The minimum absolute atomic E-state index is 0.163. The molecule has 0 aromatic heterocycles. The lowest BCUT2D eigenvalue weighted by Gasteiger charge is -2.29. The zero-order valence-electron chi connectivity index (χ0n) is 11.6. The minimum atomic E-state index is 0.163. The molecule has 2 unspecified atom stereocenters. The number of nitrogens with two attached hydrogens (primary N) is 1. The van der Waals surface area contributed by atoms with Crippen LogP contribution in [-0.4, -0.2) is 6.04 Å². The van der Waals surface area contributed by atoms with Gasteiger partial charge in [0.2, 0.25) is 0 Å². The molecule has 0 aliphatic heterocycles. The summed E-state index contributed by atoms with van der Waals surface area (Å²) in [5.41, 5.74) is 7.67. The third-order valence-corrected chi connectivity index (χ3v) is 4.36. The van der Waals surface area contributed by atoms with E-state index in [2.05, 4.69) is 27.7 Å². The van der Waals surface area contributed by atoms with Crippen LogP contribution < -0.4 is 5.73 Å². The molecule has 1 nitrogen and oxygen atoms in total. The molecule has 1 rings (SSSR count). The largest absolute Gasteiger partial charge is 0.327 e. The Morgan fingerprint density at radius 3 is 2.28 bits per heavy atom. The van der Waals surface area contributed by atoms with E-state index in [1.807, 2.05) is 18.2 Å². The Morgan fingerprint density at radius 2 is 1.78 bits per heavy atom. The molecule has 0 spiro atoms. The van der Waals surface area contributed by atoms with Gasteiger partial charge in [0.05, 0.1) is 10.0 Å². The highest BCUT2D eigenvalue weighted by molar-refractivity contribution is 6.42. The van der Waals surface area contributed by atoms with Crippen molar-refractivity contribution in [1.29, 1.82) is 0 Å². The summed E-state index contributed by atoms with van der Waals surface area (Å²) in [4.78, 5) is 0. The lowest BCUT2D eigenvalue weighted by atomic mass is 9.78. The van der Waals surface area contributed by atoms with E-state index in [-0.39, 0.29) is 6.04 Å². The summed E-state index contributed by atoms with van der Waals surface area (Å²) >= 11 is 11.9. The average Bonchev–Trinajstić information content (AvgIpc) is 2.22. The SMILES string of the molecule is CC(CC(N)Cc1ccc(Cl)c(Cl)c1)C(C)(C)C. The summed E-state index contributed by atoms with van der Waals surface area (Å²) in [7, 11) is 0. The van der Waals surface area contributed by atoms with Gasteiger partial charge in [0.25, 0.3) is 0 Å². The highest BCUT2D eigenvalue weighted by Gasteiger charge is 2.22. The van der Waals surface area contributed by atoms with Gasteiger partial charge in [-0.25, -0.2) is 0 Å². The maximum Gasteiger partial charge on any atom is 0.0595 e. The topological polar surface area (TPSA) is 26.0 Å². The lowest BCUT2D eigenvalue weighted by Crippen LogP contribution is -2.30. The quantitative estimate of drug-likeness (QED) is 0.834. The van der Waals surface area contributed by atoms with E-state index in [0.717, 1.165) is 18.4 Å². The first-order valence-electron chi connectivity index (χ1n) is 6.39. The first-order chi connectivity index (χ1) is 8.20. The van der Waals surface area contributed by atoms with Gasteiger partial charge in [0.1, 0.15) is 0 Å². The molecule has 0 fully saturated rings. The molecule has 3 heteroatoms. The molecule has 0 amide bonds. The summed E-state index contributed by atoms with van der Waals surface area (Å²) in [5.74, 6) is 0.593. The van der Waals surface area contributed by atoms with Gasteiger partial charge in [-0.3, -0.25) is 0 Å². The van der Waals surface area contributed by atoms with Crippen LogP contribution in [0.3, 0.4) is 0 Å². The van der Waals surface area contributed by atoms with E-state index in [1.165, 1.54) is 0 Å². The number of rotatable bonds is 4. The van der Waals surface area contributed by atoms with Crippen molar-refractivity contribution in [1.82, 2.24) is 0 Å². The monoisotopic (exact) mass is 287 g/mol. The second kappa shape index (κ2) is 6.27. The van der Waals surface area contributed by atoms with Gasteiger partial charge >= 0.3 is 0 Å². The molecule has 0 aliphatic rings. The van der Waals surface area contributed by atoms with Crippen molar-refractivity contribution >= 4 is 23.2 Å². The first kappa shape index (κ1) is 15.8. The summed E-state index contributed by atoms with van der Waals surface area (Å²) in [6.07, 6.45) is 1.86. The van der Waals surface area contributed by atoms with Crippen molar-refractivity contribution < 1.29 is 0 Å². The molecular weight excluding hydrogens is 265 g/mol. The number of benzene rings is 1. The van der Waals surface area contributed by atoms with Crippen LogP contribution in [0.25, 0.3) is 0 Å². The Bertz CT molecular complexity index is 396. The van der Waals surface area contributed by atoms with Gasteiger partial charge in [0.15, 0.2) is 0 Å². The molecule has 2 N–H and O–H groups in total. The van der Waals surface area contributed by atoms with Crippen LogP contribution in [0.1, 0.15) is 39.7 Å². The molecule has 0 heterocycles. The predicted molar refractivity (Wildman–Crippen MR) is 81.4 cm³/mol. The Kier molecular flexibility index (Phi) is 5.51. The average molecular weight is 288 g/mol. The van der Waals surface area contributed by atoms with Gasteiger partial charge in [0, 0.05) is 6.04 Å². The zero-order valence-corrected chi connectivity index (χ0v) is 13.1. The fraction of sp³-hybridized carbons (Fsp3) is 0.600. The van der Waals surface area contributed by atoms with Crippen molar-refractivity contribution in [2.45, 2.75) is 46.6 Å². The predicted octanol–water partition coefficient (Wildman–Crippen LogP) is 4.94. The summed E-state index contributed by atoms with van der Waals surface area (Å²) in [6.45, 7) is 9.02. The molecule has 2 atom stereocenters. The smallest absolute Gasteiger partial charge is 0.0595 e. The van der Waals surface area contributed by atoms with Crippen LogP contribution in [0.4, 0.5) is 0 Å². The van der Waals surface area contributed by atoms with E-state index >= 15 is 0 Å². The third kappa shape index (κ3) is 4.79. The van der Waals surface area contributed by atoms with E-state index in [4.69, 9.17) is 28.9 Å². The Balaban J connectivity index is 2.59. The van der Waals surface area contributed by atoms with Crippen molar-refractivity contribution in [2.24, 2.45) is 17.1 Å². The van der Waals surface area contributed by atoms with E-state index in [9.17, 15) is 0 Å². The first-order valence-corrected chi connectivity index (χ1v) is 7.15. The molecule has 1 aromatic carbocycles. The van der Waals surface area contributed by atoms with Gasteiger partial charge in [-0.05, 0) is 41.9 Å². The fourth-order valence-electron chi connectivity index (χ4n) is 1.86. The van der Waals surface area contributed by atoms with E-state index in [1.54, 1.807) is 0 Å². The second-order valence-corrected chi connectivity index (χ2v) is 7.03. The van der Waals surface area contributed by atoms with Crippen molar-refractivity contribution in [3.63, 3.8) is 0 Å². The summed E-state index contributed by atoms with van der Waals surface area (Å²) in [5, 5.41) is 1.20. The van der Waals surface area contributed by atoms with Crippen molar-refractivity contribution in [2.75, 3.05) is 0 Å². The molecule has 18 heavy (non-hydrogen) atoms. The number of hydrogen-bond acceptors (Lipinski definition) is 1. The maximum absolute atomic E-state index is 6.22. The van der Waals surface area contributed by atoms with Crippen molar-refractivity contribution in [3.8, 4) is 0 Å². The second-order valence-electron chi connectivity index (χ2n) is 6.22. The van der Waals surface area contributed by atoms with Gasteiger partial charge in [-0.1, -0.05) is 57.0 Å². The molecule has 0 saturated heterocycles. The van der Waals surface area contributed by atoms with Crippen LogP contribution >= 0.6 is 23.2 Å². The molecule has 0 saturated carbocycles. The molecule has 0 aliphatic carbocycles. The minimum Gasteiger partial charge on any atom is -0.327 e. The van der Waals surface area contributed by atoms with Crippen LogP contribution in [0, 0.1) is 11.3 Å². The highest BCUT2D eigenvalue weighted by atomic mass is 35.5. The third-order valence-electron chi connectivity index (χ3n) is 3.62. The van der Waals surface area contributed by atoms with Crippen LogP contribution in [0.2, 0.25) is 10.0 Å². The Morgan fingerprint density at radius 1 is 1.17 bits per heavy atom. The summed E-state index contributed by atoms with van der Waals surface area (Å²) in [6, 6.07) is 5.90. The molecular formula is C15H23Cl2N. The van der Waals surface area contributed by atoms with E-state index < -0.39 is 0 Å². The van der Waals surface area contributed by atoms with Gasteiger partial charge in [-0.15, -0.1) is 0 Å². The fourth-order valence-corrected chi connectivity index (χ4v) is 2.18. The van der Waals surface area contributed by atoms with E-state index in [0.29, 0.717) is 21.4 Å². The maximum atomic E-state index is 6.22.